The van der Waals surface area contributed by atoms with Crippen molar-refractivity contribution in [2.75, 3.05) is 20.8 Å². The Hall–Kier alpha value is -2.27. The molecule has 5 nitrogen and oxygen atoms in total. The van der Waals surface area contributed by atoms with Gasteiger partial charge in [0, 0.05) is 30.5 Å². The van der Waals surface area contributed by atoms with Gasteiger partial charge in [-0.2, -0.15) is 0 Å². The average Bonchev–Trinajstić information content (AvgIpc) is 2.72. The van der Waals surface area contributed by atoms with Gasteiger partial charge in [-0.25, -0.2) is 4.79 Å². The minimum absolute atomic E-state index is 0.102. The molecule has 2 aliphatic rings. The normalized spacial score (nSPS) is 30.1. The van der Waals surface area contributed by atoms with E-state index in [-0.39, 0.29) is 28.5 Å². The van der Waals surface area contributed by atoms with Crippen LogP contribution in [0.4, 0.5) is 0 Å². The standard InChI is InChI=1S/C26H34O5/c1-16-7-9-22-25(2,3)23(29-6)11-12-26(22,4)18(16)15-30-21-14-19-17(13-20(21)28-5)8-10-24(27)31-19/h8,10,13-14,18,22-23H,1,7,9,11-12,15H2,2-6H3. The van der Waals surface area contributed by atoms with Crippen LogP contribution in [0.1, 0.15) is 46.5 Å². The van der Waals surface area contributed by atoms with E-state index < -0.39 is 0 Å². The topological polar surface area (TPSA) is 57.9 Å². The number of fused-ring (bicyclic) bond motifs is 2. The maximum atomic E-state index is 11.6. The summed E-state index contributed by atoms with van der Waals surface area (Å²) in [6.45, 7) is 12.1. The van der Waals surface area contributed by atoms with E-state index in [4.69, 9.17) is 18.6 Å². The molecule has 4 rings (SSSR count). The van der Waals surface area contributed by atoms with Crippen molar-refractivity contribution in [1.82, 2.24) is 0 Å². The second-order valence-corrected chi connectivity index (χ2v) is 10.00. The Morgan fingerprint density at radius 1 is 1.13 bits per heavy atom. The van der Waals surface area contributed by atoms with Gasteiger partial charge in [-0.05, 0) is 54.6 Å². The molecule has 5 heteroatoms. The van der Waals surface area contributed by atoms with E-state index in [0.717, 1.165) is 31.1 Å². The van der Waals surface area contributed by atoms with Crippen LogP contribution in [0, 0.1) is 22.7 Å². The largest absolute Gasteiger partial charge is 0.493 e. The number of methoxy groups -OCH3 is 2. The number of benzene rings is 1. The lowest BCUT2D eigenvalue weighted by molar-refractivity contribution is -0.140. The highest BCUT2D eigenvalue weighted by Crippen LogP contribution is 2.61. The third-order valence-electron chi connectivity index (χ3n) is 8.11. The molecular weight excluding hydrogens is 392 g/mol. The maximum Gasteiger partial charge on any atom is 0.336 e. The molecule has 0 spiro atoms. The predicted molar refractivity (Wildman–Crippen MR) is 122 cm³/mol. The van der Waals surface area contributed by atoms with Gasteiger partial charge in [-0.1, -0.05) is 32.9 Å². The summed E-state index contributed by atoms with van der Waals surface area (Å²) in [6.07, 6.45) is 4.57. The van der Waals surface area contributed by atoms with Crippen molar-refractivity contribution in [2.45, 2.75) is 52.6 Å². The minimum Gasteiger partial charge on any atom is -0.493 e. The Bertz CT molecular complexity index is 1040. The molecule has 2 fully saturated rings. The van der Waals surface area contributed by atoms with Crippen molar-refractivity contribution in [2.24, 2.45) is 22.7 Å². The van der Waals surface area contributed by atoms with Gasteiger partial charge in [0.15, 0.2) is 11.5 Å². The zero-order valence-electron chi connectivity index (χ0n) is 19.3. The van der Waals surface area contributed by atoms with Gasteiger partial charge >= 0.3 is 5.63 Å². The molecule has 0 saturated heterocycles. The van der Waals surface area contributed by atoms with E-state index in [1.165, 1.54) is 11.6 Å². The maximum absolute atomic E-state index is 11.6. The molecule has 0 amide bonds. The molecule has 0 radical (unpaired) electrons. The summed E-state index contributed by atoms with van der Waals surface area (Å²) < 4.78 is 23.1. The fourth-order valence-electron chi connectivity index (χ4n) is 6.40. The molecule has 1 aromatic heterocycles. The van der Waals surface area contributed by atoms with E-state index in [1.807, 2.05) is 13.2 Å². The molecule has 168 valence electrons. The predicted octanol–water partition coefficient (Wildman–Crippen LogP) is 5.60. The molecule has 2 aromatic rings. The summed E-state index contributed by atoms with van der Waals surface area (Å²) in [5.74, 6) is 2.00. The third kappa shape index (κ3) is 3.67. The summed E-state index contributed by atoms with van der Waals surface area (Å²) in [5, 5.41) is 0.803. The first kappa shape index (κ1) is 21.9. The monoisotopic (exact) mass is 426 g/mol. The van der Waals surface area contributed by atoms with Gasteiger partial charge < -0.3 is 18.6 Å². The Morgan fingerprint density at radius 2 is 1.90 bits per heavy atom. The molecule has 4 atom stereocenters. The van der Waals surface area contributed by atoms with Crippen LogP contribution >= 0.6 is 0 Å². The Labute approximate surface area is 184 Å². The zero-order valence-corrected chi connectivity index (χ0v) is 19.3. The molecule has 1 aromatic carbocycles. The fourth-order valence-corrected chi connectivity index (χ4v) is 6.40. The lowest BCUT2D eigenvalue weighted by Gasteiger charge is -2.59. The summed E-state index contributed by atoms with van der Waals surface area (Å²) in [7, 11) is 3.46. The molecule has 31 heavy (non-hydrogen) atoms. The number of ether oxygens (including phenoxy) is 3. The Morgan fingerprint density at radius 3 is 2.61 bits per heavy atom. The summed E-state index contributed by atoms with van der Waals surface area (Å²) in [4.78, 5) is 11.6. The number of hydrogen-bond donors (Lipinski definition) is 0. The van der Waals surface area contributed by atoms with Gasteiger partial charge in [-0.3, -0.25) is 0 Å². The molecular formula is C26H34O5. The third-order valence-corrected chi connectivity index (χ3v) is 8.11. The Balaban J connectivity index is 1.63. The molecule has 0 bridgehead atoms. The van der Waals surface area contributed by atoms with E-state index in [1.54, 1.807) is 19.2 Å². The van der Waals surface area contributed by atoms with Crippen molar-refractivity contribution in [3.8, 4) is 11.5 Å². The highest BCUT2D eigenvalue weighted by molar-refractivity contribution is 5.80. The van der Waals surface area contributed by atoms with Crippen LogP contribution in [0.25, 0.3) is 11.0 Å². The van der Waals surface area contributed by atoms with Gasteiger partial charge in [-0.15, -0.1) is 0 Å². The second-order valence-electron chi connectivity index (χ2n) is 10.00. The lowest BCUT2D eigenvalue weighted by atomic mass is 9.47. The van der Waals surface area contributed by atoms with E-state index in [0.29, 0.717) is 29.6 Å². The SMILES string of the molecule is C=C1CCC2C(C)(C)C(OC)CCC2(C)C1COc1cc2oc(=O)ccc2cc1OC. The average molecular weight is 427 g/mol. The lowest BCUT2D eigenvalue weighted by Crippen LogP contribution is -2.56. The smallest absolute Gasteiger partial charge is 0.336 e. The van der Waals surface area contributed by atoms with Gasteiger partial charge in [0.2, 0.25) is 0 Å². The second kappa shape index (κ2) is 8.01. The van der Waals surface area contributed by atoms with Crippen LogP contribution in [0.15, 0.2) is 45.6 Å². The number of rotatable bonds is 5. The van der Waals surface area contributed by atoms with Crippen molar-refractivity contribution in [3.63, 3.8) is 0 Å². The minimum atomic E-state index is -0.378. The van der Waals surface area contributed by atoms with Crippen LogP contribution in [-0.2, 0) is 4.74 Å². The van der Waals surface area contributed by atoms with Crippen molar-refractivity contribution < 1.29 is 18.6 Å². The highest BCUT2D eigenvalue weighted by atomic mass is 16.5. The summed E-state index contributed by atoms with van der Waals surface area (Å²) in [5.41, 5.74) is 1.58. The highest BCUT2D eigenvalue weighted by Gasteiger charge is 2.56. The van der Waals surface area contributed by atoms with E-state index in [2.05, 4.69) is 27.4 Å². The first-order chi connectivity index (χ1) is 14.7. The quantitative estimate of drug-likeness (QED) is 0.460. The molecule has 2 aliphatic carbocycles. The molecule has 0 N–H and O–H groups in total. The Kier molecular flexibility index (Phi) is 5.67. The number of hydrogen-bond acceptors (Lipinski definition) is 5. The molecule has 4 unspecified atom stereocenters. The van der Waals surface area contributed by atoms with Crippen LogP contribution in [-0.4, -0.2) is 26.9 Å². The summed E-state index contributed by atoms with van der Waals surface area (Å²) in [6, 6.07) is 6.75. The first-order valence-corrected chi connectivity index (χ1v) is 11.2. The van der Waals surface area contributed by atoms with Crippen LogP contribution in [0.3, 0.4) is 0 Å². The van der Waals surface area contributed by atoms with E-state index >= 15 is 0 Å². The molecule has 2 saturated carbocycles. The van der Waals surface area contributed by atoms with Crippen LogP contribution in [0.5, 0.6) is 11.5 Å². The zero-order chi connectivity index (χ0) is 22.4. The van der Waals surface area contributed by atoms with Crippen molar-refractivity contribution >= 4 is 11.0 Å². The van der Waals surface area contributed by atoms with Crippen LogP contribution < -0.4 is 15.1 Å². The van der Waals surface area contributed by atoms with Crippen molar-refractivity contribution in [1.29, 1.82) is 0 Å². The molecule has 0 aliphatic heterocycles. The van der Waals surface area contributed by atoms with Gasteiger partial charge in [0.1, 0.15) is 5.58 Å². The first-order valence-electron chi connectivity index (χ1n) is 11.2. The van der Waals surface area contributed by atoms with E-state index in [9.17, 15) is 4.79 Å². The molecule has 1 heterocycles. The van der Waals surface area contributed by atoms with Gasteiger partial charge in [0.05, 0.1) is 19.8 Å². The summed E-state index contributed by atoms with van der Waals surface area (Å²) >= 11 is 0. The van der Waals surface area contributed by atoms with Gasteiger partial charge in [0.25, 0.3) is 0 Å². The van der Waals surface area contributed by atoms with Crippen molar-refractivity contribution in [3.05, 3.63) is 46.8 Å². The van der Waals surface area contributed by atoms with Crippen LogP contribution in [0.2, 0.25) is 0 Å². The fraction of sp³-hybridized carbons (Fsp3) is 0.577.